The summed E-state index contributed by atoms with van der Waals surface area (Å²) in [5.74, 6) is 0.454. The molecule has 0 spiro atoms. The fourth-order valence-electron chi connectivity index (χ4n) is 2.03. The van der Waals surface area contributed by atoms with Gasteiger partial charge in [-0.25, -0.2) is 4.39 Å². The molecule has 1 aliphatic heterocycles. The fourth-order valence-corrected chi connectivity index (χ4v) is 3.64. The Morgan fingerprint density at radius 3 is 2.95 bits per heavy atom. The van der Waals surface area contributed by atoms with Gasteiger partial charge < -0.3 is 5.32 Å². The maximum absolute atomic E-state index is 13.4. The lowest BCUT2D eigenvalue weighted by molar-refractivity contribution is 0.575. The van der Waals surface area contributed by atoms with Crippen LogP contribution in [0.5, 0.6) is 0 Å². The number of nitrogens with zero attached hydrogens (tertiary/aromatic N) is 1. The zero-order valence-electron chi connectivity index (χ0n) is 11.3. The van der Waals surface area contributed by atoms with Gasteiger partial charge in [0.15, 0.2) is 5.17 Å². The Morgan fingerprint density at radius 2 is 2.26 bits per heavy atom. The molecule has 0 bridgehead atoms. The molecular weight excluding hydrogens is 327 g/mol. The third-order valence-electron chi connectivity index (χ3n) is 2.96. The molecule has 0 aliphatic carbocycles. The Hall–Kier alpha value is -0.550. The second-order valence-electron chi connectivity index (χ2n) is 5.22. The van der Waals surface area contributed by atoms with Gasteiger partial charge in [0.2, 0.25) is 0 Å². The summed E-state index contributed by atoms with van der Waals surface area (Å²) in [6.45, 7) is 7.22. The standard InChI is InChI=1S/C14H18BrFN2S/c1-8(2)4-10-7-17-14(19-10)18-13-6-11(15)12(16)5-9(13)3/h5-6,8,10H,4,7H2,1-3H3,(H,17,18). The number of thioether (sulfide) groups is 1. The Kier molecular flexibility index (Phi) is 4.90. The Labute approximate surface area is 126 Å². The maximum Gasteiger partial charge on any atom is 0.161 e. The molecule has 0 fully saturated rings. The zero-order chi connectivity index (χ0) is 14.0. The smallest absolute Gasteiger partial charge is 0.161 e. The first kappa shape index (κ1) is 14.9. The summed E-state index contributed by atoms with van der Waals surface area (Å²) in [6.07, 6.45) is 1.17. The van der Waals surface area contributed by atoms with E-state index in [0.717, 1.165) is 23.0 Å². The van der Waals surface area contributed by atoms with E-state index in [9.17, 15) is 4.39 Å². The second-order valence-corrected chi connectivity index (χ2v) is 7.36. The van der Waals surface area contributed by atoms with Crippen molar-refractivity contribution in [2.24, 2.45) is 10.9 Å². The van der Waals surface area contributed by atoms with Crippen LogP contribution in [0.15, 0.2) is 21.6 Å². The molecule has 0 saturated heterocycles. The predicted molar refractivity (Wildman–Crippen MR) is 85.6 cm³/mol. The molecule has 2 nitrogen and oxygen atoms in total. The molecule has 1 atom stereocenters. The topological polar surface area (TPSA) is 24.4 Å². The molecule has 0 amide bonds. The third-order valence-corrected chi connectivity index (χ3v) is 4.70. The van der Waals surface area contributed by atoms with Crippen molar-refractivity contribution in [3.8, 4) is 0 Å². The predicted octanol–water partition coefficient (Wildman–Crippen LogP) is 4.83. The van der Waals surface area contributed by atoms with Crippen molar-refractivity contribution in [3.63, 3.8) is 0 Å². The van der Waals surface area contributed by atoms with Gasteiger partial charge in [0.25, 0.3) is 0 Å². The minimum atomic E-state index is -0.234. The highest BCUT2D eigenvalue weighted by Crippen LogP contribution is 2.30. The van der Waals surface area contributed by atoms with Crippen LogP contribution in [-0.2, 0) is 0 Å². The number of amidine groups is 1. The first-order valence-corrected chi connectivity index (χ1v) is 8.06. The number of nitrogens with one attached hydrogen (secondary N) is 1. The normalized spacial score (nSPS) is 18.8. The molecule has 19 heavy (non-hydrogen) atoms. The van der Waals surface area contributed by atoms with Crippen LogP contribution in [0.3, 0.4) is 0 Å². The van der Waals surface area contributed by atoms with Gasteiger partial charge in [0.1, 0.15) is 5.82 Å². The van der Waals surface area contributed by atoms with E-state index >= 15 is 0 Å². The molecular formula is C14H18BrFN2S. The molecule has 1 aliphatic rings. The number of rotatable bonds is 3. The zero-order valence-corrected chi connectivity index (χ0v) is 13.7. The highest BCUT2D eigenvalue weighted by molar-refractivity contribution is 9.10. The second kappa shape index (κ2) is 6.27. The van der Waals surface area contributed by atoms with Gasteiger partial charge in [-0.15, -0.1) is 0 Å². The fraction of sp³-hybridized carbons (Fsp3) is 0.500. The van der Waals surface area contributed by atoms with Crippen molar-refractivity contribution in [1.82, 2.24) is 0 Å². The molecule has 5 heteroatoms. The van der Waals surface area contributed by atoms with Gasteiger partial charge in [-0.1, -0.05) is 25.6 Å². The highest BCUT2D eigenvalue weighted by Gasteiger charge is 2.21. The van der Waals surface area contributed by atoms with Gasteiger partial charge in [0.05, 0.1) is 11.0 Å². The summed E-state index contributed by atoms with van der Waals surface area (Å²) in [4.78, 5) is 4.52. The number of aliphatic imine (C=N–C) groups is 1. The molecule has 2 rings (SSSR count). The Balaban J connectivity index is 2.01. The summed E-state index contributed by atoms with van der Waals surface area (Å²) < 4.78 is 13.8. The van der Waals surface area contributed by atoms with E-state index in [1.165, 1.54) is 12.5 Å². The van der Waals surface area contributed by atoms with E-state index in [1.54, 1.807) is 17.8 Å². The average Bonchev–Trinajstić information content (AvgIpc) is 2.72. The molecule has 1 N–H and O–H groups in total. The van der Waals surface area contributed by atoms with Crippen molar-refractivity contribution in [3.05, 3.63) is 28.0 Å². The van der Waals surface area contributed by atoms with Crippen LogP contribution < -0.4 is 5.32 Å². The monoisotopic (exact) mass is 344 g/mol. The molecule has 1 unspecified atom stereocenters. The van der Waals surface area contributed by atoms with Gasteiger partial charge in [-0.3, -0.25) is 4.99 Å². The van der Waals surface area contributed by atoms with Gasteiger partial charge in [0, 0.05) is 10.9 Å². The molecule has 104 valence electrons. The molecule has 0 saturated carbocycles. The largest absolute Gasteiger partial charge is 0.335 e. The number of hydrogen-bond acceptors (Lipinski definition) is 3. The lowest BCUT2D eigenvalue weighted by Crippen LogP contribution is -2.10. The summed E-state index contributed by atoms with van der Waals surface area (Å²) >= 11 is 4.99. The number of aryl methyl sites for hydroxylation is 1. The maximum atomic E-state index is 13.4. The van der Waals surface area contributed by atoms with E-state index in [4.69, 9.17) is 0 Å². The molecule has 0 radical (unpaired) electrons. The van der Waals surface area contributed by atoms with Crippen LogP contribution in [0.4, 0.5) is 10.1 Å². The van der Waals surface area contributed by atoms with Crippen molar-refractivity contribution in [1.29, 1.82) is 0 Å². The number of halogens is 2. The van der Waals surface area contributed by atoms with Crippen LogP contribution in [0.2, 0.25) is 0 Å². The van der Waals surface area contributed by atoms with Crippen molar-refractivity contribution < 1.29 is 4.39 Å². The minimum Gasteiger partial charge on any atom is -0.335 e. The first-order valence-electron chi connectivity index (χ1n) is 6.39. The molecule has 1 aromatic rings. The summed E-state index contributed by atoms with van der Waals surface area (Å²) in [5.41, 5.74) is 1.79. The van der Waals surface area contributed by atoms with E-state index in [-0.39, 0.29) is 5.82 Å². The van der Waals surface area contributed by atoms with Crippen molar-refractivity contribution in [2.45, 2.75) is 32.4 Å². The van der Waals surface area contributed by atoms with E-state index in [2.05, 4.69) is 40.1 Å². The average molecular weight is 345 g/mol. The number of benzene rings is 1. The van der Waals surface area contributed by atoms with E-state index < -0.39 is 0 Å². The van der Waals surface area contributed by atoms with Gasteiger partial charge >= 0.3 is 0 Å². The summed E-state index contributed by atoms with van der Waals surface area (Å²) in [5, 5.41) is 4.80. The lowest BCUT2D eigenvalue weighted by atomic mass is 10.1. The number of anilines is 1. The van der Waals surface area contributed by atoms with E-state index in [0.29, 0.717) is 15.6 Å². The SMILES string of the molecule is Cc1cc(F)c(Br)cc1NC1=NCC(CC(C)C)S1. The quantitative estimate of drug-likeness (QED) is 0.849. The lowest BCUT2D eigenvalue weighted by Gasteiger charge is -2.12. The van der Waals surface area contributed by atoms with Crippen LogP contribution in [0.25, 0.3) is 0 Å². The van der Waals surface area contributed by atoms with Crippen LogP contribution in [0.1, 0.15) is 25.8 Å². The van der Waals surface area contributed by atoms with E-state index in [1.807, 2.05) is 6.92 Å². The Bertz CT molecular complexity index is 502. The first-order chi connectivity index (χ1) is 8.95. The Morgan fingerprint density at radius 1 is 1.53 bits per heavy atom. The number of hydrogen-bond donors (Lipinski definition) is 1. The van der Waals surface area contributed by atoms with Crippen molar-refractivity contribution >= 4 is 38.5 Å². The molecule has 1 heterocycles. The summed E-state index contributed by atoms with van der Waals surface area (Å²) in [6, 6.07) is 3.29. The van der Waals surface area contributed by atoms with Crippen molar-refractivity contribution in [2.75, 3.05) is 11.9 Å². The van der Waals surface area contributed by atoms with Crippen LogP contribution in [-0.4, -0.2) is 17.0 Å². The van der Waals surface area contributed by atoms with Crippen LogP contribution in [0, 0.1) is 18.7 Å². The summed E-state index contributed by atoms with van der Waals surface area (Å²) in [7, 11) is 0. The van der Waals surface area contributed by atoms with Gasteiger partial charge in [-0.05, 0) is 52.9 Å². The molecule has 0 aromatic heterocycles. The van der Waals surface area contributed by atoms with Crippen LogP contribution >= 0.6 is 27.7 Å². The minimum absolute atomic E-state index is 0.234. The highest BCUT2D eigenvalue weighted by atomic mass is 79.9. The third kappa shape index (κ3) is 3.96. The molecule has 1 aromatic carbocycles. The van der Waals surface area contributed by atoms with Gasteiger partial charge in [-0.2, -0.15) is 0 Å².